The molecule has 0 saturated carbocycles. The topological polar surface area (TPSA) is 94.6 Å². The molecule has 0 radical (unpaired) electrons. The molecular weight excluding hydrogens is 371 g/mol. The molecule has 2 N–H and O–H groups in total. The van der Waals surface area contributed by atoms with Crippen molar-refractivity contribution in [2.75, 3.05) is 0 Å². The number of aromatic nitrogens is 1. The van der Waals surface area contributed by atoms with Gasteiger partial charge in [-0.2, -0.15) is 26.6 Å². The molecule has 0 bridgehead atoms. The Hall–Kier alpha value is -2.88. The highest BCUT2D eigenvalue weighted by Gasteiger charge is 2.49. The average Bonchev–Trinajstić information content (AvgIpc) is 2.55. The molecular formula is C16H14F3N3O3S. The maximum Gasteiger partial charge on any atom is 0.534 e. The molecule has 0 atom stereocenters. The van der Waals surface area contributed by atoms with E-state index in [9.17, 15) is 21.6 Å². The Morgan fingerprint density at radius 2 is 1.73 bits per heavy atom. The van der Waals surface area contributed by atoms with Gasteiger partial charge >= 0.3 is 15.6 Å². The van der Waals surface area contributed by atoms with E-state index in [1.807, 2.05) is 0 Å². The van der Waals surface area contributed by atoms with Gasteiger partial charge in [-0.1, -0.05) is 36.4 Å². The standard InChI is InChI=1S/C16H14F3N3O3S/c1-11(20)14(12-7-3-2-4-8-12)15(22-13-9-5-6-10-21-13)25-26(23,24)16(17,18)19/h2-10H,20H2,1H3/b14-11-,22-15-. The van der Waals surface area contributed by atoms with Crippen LogP contribution in [0.3, 0.4) is 0 Å². The summed E-state index contributed by atoms with van der Waals surface area (Å²) in [4.78, 5) is 7.66. The number of nitrogens with zero attached hydrogens (tertiary/aromatic N) is 2. The predicted molar refractivity (Wildman–Crippen MR) is 90.6 cm³/mol. The lowest BCUT2D eigenvalue weighted by Crippen LogP contribution is -2.29. The molecule has 0 fully saturated rings. The summed E-state index contributed by atoms with van der Waals surface area (Å²) in [7, 11) is -5.95. The maximum atomic E-state index is 12.8. The van der Waals surface area contributed by atoms with Gasteiger partial charge in [-0.3, -0.25) is 0 Å². The molecule has 0 aliphatic carbocycles. The van der Waals surface area contributed by atoms with Crippen molar-refractivity contribution >= 4 is 27.4 Å². The number of rotatable bonds is 4. The Morgan fingerprint density at radius 1 is 1.12 bits per heavy atom. The van der Waals surface area contributed by atoms with Crippen LogP contribution in [0.15, 0.2) is 65.4 Å². The van der Waals surface area contributed by atoms with E-state index in [-0.39, 0.29) is 17.1 Å². The molecule has 0 aliphatic heterocycles. The fourth-order valence-electron chi connectivity index (χ4n) is 1.92. The first-order valence-corrected chi connectivity index (χ1v) is 8.55. The van der Waals surface area contributed by atoms with E-state index in [2.05, 4.69) is 14.2 Å². The summed E-state index contributed by atoms with van der Waals surface area (Å²) >= 11 is 0. The van der Waals surface area contributed by atoms with E-state index >= 15 is 0 Å². The largest absolute Gasteiger partial charge is 0.534 e. The molecule has 0 amide bonds. The fraction of sp³-hybridized carbons (Fsp3) is 0.125. The number of nitrogens with two attached hydrogens (primary N) is 1. The second-order valence-corrected chi connectivity index (χ2v) is 6.55. The van der Waals surface area contributed by atoms with Crippen LogP contribution in [0.25, 0.3) is 5.57 Å². The molecule has 0 spiro atoms. The predicted octanol–water partition coefficient (Wildman–Crippen LogP) is 3.37. The van der Waals surface area contributed by atoms with Gasteiger partial charge in [0.1, 0.15) is 0 Å². The van der Waals surface area contributed by atoms with Gasteiger partial charge in [-0.25, -0.2) is 4.98 Å². The molecule has 0 unspecified atom stereocenters. The number of hydrogen-bond acceptors (Lipinski definition) is 6. The zero-order valence-corrected chi connectivity index (χ0v) is 14.3. The van der Waals surface area contributed by atoms with Crippen molar-refractivity contribution < 1.29 is 25.8 Å². The smallest absolute Gasteiger partial charge is 0.402 e. The molecule has 0 aliphatic rings. The van der Waals surface area contributed by atoms with Crippen LogP contribution in [0.5, 0.6) is 0 Å². The van der Waals surface area contributed by atoms with Gasteiger partial charge in [0.2, 0.25) is 5.90 Å². The molecule has 10 heteroatoms. The Kier molecular flexibility index (Phi) is 5.66. The molecule has 2 aromatic rings. The van der Waals surface area contributed by atoms with Crippen molar-refractivity contribution in [1.82, 2.24) is 4.98 Å². The van der Waals surface area contributed by atoms with Crippen LogP contribution in [-0.4, -0.2) is 24.8 Å². The highest BCUT2D eigenvalue weighted by atomic mass is 32.2. The van der Waals surface area contributed by atoms with Crippen molar-refractivity contribution in [3.05, 3.63) is 66.0 Å². The van der Waals surface area contributed by atoms with Crippen LogP contribution >= 0.6 is 0 Å². The third kappa shape index (κ3) is 4.60. The molecule has 2 rings (SSSR count). The summed E-state index contributed by atoms with van der Waals surface area (Å²) in [5.41, 5.74) is 0.407. The lowest BCUT2D eigenvalue weighted by Gasteiger charge is -2.15. The zero-order valence-electron chi connectivity index (χ0n) is 13.4. The van der Waals surface area contributed by atoms with E-state index in [4.69, 9.17) is 5.73 Å². The van der Waals surface area contributed by atoms with Crippen LogP contribution in [0.2, 0.25) is 0 Å². The third-order valence-corrected chi connectivity index (χ3v) is 3.95. The van der Waals surface area contributed by atoms with Gasteiger partial charge in [-0.05, 0) is 24.6 Å². The van der Waals surface area contributed by atoms with Crippen LogP contribution in [0, 0.1) is 0 Å². The molecule has 1 aromatic heterocycles. The van der Waals surface area contributed by atoms with Gasteiger partial charge in [-0.15, -0.1) is 0 Å². The highest BCUT2D eigenvalue weighted by molar-refractivity contribution is 7.88. The summed E-state index contributed by atoms with van der Waals surface area (Å²) in [6, 6.07) is 12.4. The Labute approximate surface area is 148 Å². The SMILES string of the molecule is C/C(N)=C(/C(=N/c1ccccn1)OS(=O)(=O)C(F)(F)F)c1ccccc1. The van der Waals surface area contributed by atoms with Crippen LogP contribution in [0.1, 0.15) is 12.5 Å². The first kappa shape index (κ1) is 19.4. The van der Waals surface area contributed by atoms with Crippen LogP contribution < -0.4 is 5.73 Å². The number of benzene rings is 1. The van der Waals surface area contributed by atoms with E-state index < -0.39 is 21.5 Å². The normalized spacial score (nSPS) is 13.9. The second kappa shape index (κ2) is 7.56. The van der Waals surface area contributed by atoms with E-state index in [0.717, 1.165) is 0 Å². The van der Waals surface area contributed by atoms with E-state index in [0.29, 0.717) is 5.56 Å². The van der Waals surface area contributed by atoms with Crippen LogP contribution in [-0.2, 0) is 14.3 Å². The van der Waals surface area contributed by atoms with Crippen molar-refractivity contribution in [3.8, 4) is 0 Å². The zero-order chi connectivity index (χ0) is 19.4. The minimum atomic E-state index is -5.95. The van der Waals surface area contributed by atoms with Gasteiger partial charge in [0.25, 0.3) is 0 Å². The minimum absolute atomic E-state index is 0.0169. The van der Waals surface area contributed by atoms with E-state index in [1.54, 1.807) is 24.3 Å². The molecule has 26 heavy (non-hydrogen) atoms. The van der Waals surface area contributed by atoms with Crippen LogP contribution in [0.4, 0.5) is 19.0 Å². The number of allylic oxidation sites excluding steroid dienone is 1. The van der Waals surface area contributed by atoms with Crippen molar-refractivity contribution in [1.29, 1.82) is 0 Å². The molecule has 1 heterocycles. The van der Waals surface area contributed by atoms with Gasteiger partial charge in [0.15, 0.2) is 5.82 Å². The Morgan fingerprint density at radius 3 is 2.23 bits per heavy atom. The number of halogens is 3. The highest BCUT2D eigenvalue weighted by Crippen LogP contribution is 2.29. The monoisotopic (exact) mass is 385 g/mol. The first-order valence-electron chi connectivity index (χ1n) is 7.14. The van der Waals surface area contributed by atoms with Crippen molar-refractivity contribution in [2.24, 2.45) is 10.7 Å². The quantitative estimate of drug-likeness (QED) is 0.377. The summed E-state index contributed by atoms with van der Waals surface area (Å²) in [6.45, 7) is 1.39. The summed E-state index contributed by atoms with van der Waals surface area (Å²) < 4.78 is 65.6. The minimum Gasteiger partial charge on any atom is -0.402 e. The molecule has 138 valence electrons. The fourth-order valence-corrected chi connectivity index (χ4v) is 2.34. The average molecular weight is 385 g/mol. The molecule has 1 aromatic carbocycles. The van der Waals surface area contributed by atoms with Gasteiger partial charge in [0.05, 0.1) is 5.57 Å². The Bertz CT molecular complexity index is 921. The lowest BCUT2D eigenvalue weighted by molar-refractivity contribution is -0.0503. The number of pyridine rings is 1. The second-order valence-electron chi connectivity index (χ2n) is 5.01. The third-order valence-electron chi connectivity index (χ3n) is 3.01. The van der Waals surface area contributed by atoms with E-state index in [1.165, 1.54) is 37.4 Å². The number of aliphatic imine (C=N–C) groups is 1. The van der Waals surface area contributed by atoms with Crippen molar-refractivity contribution in [2.45, 2.75) is 12.4 Å². The summed E-state index contributed by atoms with van der Waals surface area (Å²) in [5, 5.41) is 0. The van der Waals surface area contributed by atoms with Gasteiger partial charge < -0.3 is 9.92 Å². The van der Waals surface area contributed by atoms with Crippen molar-refractivity contribution in [3.63, 3.8) is 0 Å². The lowest BCUT2D eigenvalue weighted by atomic mass is 10.0. The maximum absolute atomic E-state index is 12.8. The first-order chi connectivity index (χ1) is 12.1. The number of hydrogen-bond donors (Lipinski definition) is 1. The molecule has 6 nitrogen and oxygen atoms in total. The molecule has 0 saturated heterocycles. The number of alkyl halides is 3. The Balaban J connectivity index is 2.64. The summed E-state index contributed by atoms with van der Waals surface area (Å²) in [5.74, 6) is -0.873. The van der Waals surface area contributed by atoms with Gasteiger partial charge in [0, 0.05) is 11.9 Å². The summed E-state index contributed by atoms with van der Waals surface area (Å²) in [6.07, 6.45) is 1.34.